The summed E-state index contributed by atoms with van der Waals surface area (Å²) in [6, 6.07) is 5.98. The molecule has 0 amide bonds. The van der Waals surface area contributed by atoms with E-state index < -0.39 is 11.3 Å². The van der Waals surface area contributed by atoms with Crippen LogP contribution in [-0.4, -0.2) is 32.9 Å². The van der Waals surface area contributed by atoms with Crippen LogP contribution in [0.5, 0.6) is 0 Å². The molecule has 0 bridgehead atoms. The molecule has 20 heavy (non-hydrogen) atoms. The van der Waals surface area contributed by atoms with E-state index in [1.54, 1.807) is 12.1 Å². The summed E-state index contributed by atoms with van der Waals surface area (Å²) in [6.07, 6.45) is 0. The minimum Gasteiger partial charge on any atom is -0.412 e. The van der Waals surface area contributed by atoms with Gasteiger partial charge in [-0.1, -0.05) is 12.1 Å². The molecule has 12 nitrogen and oxygen atoms in total. The Morgan fingerprint density at radius 3 is 1.20 bits per heavy atom. The first-order valence-electron chi connectivity index (χ1n) is 3.64. The van der Waals surface area contributed by atoms with Crippen LogP contribution in [0.3, 0.4) is 0 Å². The van der Waals surface area contributed by atoms with E-state index in [2.05, 4.69) is 18.6 Å². The molecule has 0 saturated heterocycles. The van der Waals surface area contributed by atoms with Gasteiger partial charge in [0, 0.05) is 0 Å². The molecular formula is C8H16O12. The highest BCUT2D eigenvalue weighted by molar-refractivity contribution is 5.79. The number of benzene rings is 1. The molecule has 2 rings (SSSR count). The number of hydrogen-bond donors (Lipinski definition) is 0. The fourth-order valence-electron chi connectivity index (χ4n) is 1.02. The zero-order valence-corrected chi connectivity index (χ0v) is 9.76. The van der Waals surface area contributed by atoms with Crippen LogP contribution >= 0.6 is 0 Å². The number of fused-ring (bicyclic) bond motifs is 1. The van der Waals surface area contributed by atoms with E-state index in [4.69, 9.17) is 0 Å². The van der Waals surface area contributed by atoms with Gasteiger partial charge in [0.2, 0.25) is 0 Å². The van der Waals surface area contributed by atoms with Crippen LogP contribution in [-0.2, 0) is 0 Å². The van der Waals surface area contributed by atoms with Crippen LogP contribution in [0.2, 0.25) is 0 Å². The van der Waals surface area contributed by atoms with Crippen LogP contribution in [0.25, 0.3) is 10.8 Å². The molecule has 0 radical (unpaired) electrons. The monoisotopic (exact) mass is 304 g/mol. The molecular weight excluding hydrogens is 288 g/mol. The van der Waals surface area contributed by atoms with Crippen molar-refractivity contribution >= 4 is 10.8 Å². The molecule has 0 aliphatic carbocycles. The molecule has 0 unspecified atom stereocenters. The Morgan fingerprint density at radius 2 is 0.900 bits per heavy atom. The summed E-state index contributed by atoms with van der Waals surface area (Å²) < 4.78 is 15.9. The van der Waals surface area contributed by atoms with Crippen molar-refractivity contribution in [3.05, 3.63) is 45.1 Å². The summed E-state index contributed by atoms with van der Waals surface area (Å²) in [5, 5.41) is 0.113. The molecule has 0 aliphatic heterocycles. The van der Waals surface area contributed by atoms with E-state index in [1.807, 2.05) is 0 Å². The summed E-state index contributed by atoms with van der Waals surface area (Å²) in [7, 11) is 0. The first-order chi connectivity index (χ1) is 6.79. The Bertz CT molecular complexity index is 546. The first-order valence-corrected chi connectivity index (χ1v) is 3.64. The molecule has 0 fully saturated rings. The molecule has 12 heteroatoms. The SMILES string of the molecule is O.O.O.O.O.O.O=c1ooooc(=O)c2ccccc12. The number of rotatable bonds is 0. The van der Waals surface area contributed by atoms with E-state index in [9.17, 15) is 9.59 Å². The topological polar surface area (TPSA) is 276 Å². The van der Waals surface area contributed by atoms with E-state index in [1.165, 1.54) is 12.1 Å². The summed E-state index contributed by atoms with van der Waals surface area (Å²) in [5.74, 6) is 0. The maximum Gasteiger partial charge on any atom is 0.391 e. The van der Waals surface area contributed by atoms with Gasteiger partial charge < -0.3 is 32.9 Å². The maximum atomic E-state index is 11.2. The predicted molar refractivity (Wildman–Crippen MR) is 64.9 cm³/mol. The Hall–Kier alpha value is -2.48. The van der Waals surface area contributed by atoms with Crippen molar-refractivity contribution in [2.24, 2.45) is 0 Å². The van der Waals surface area contributed by atoms with Gasteiger partial charge in [-0.3, -0.25) is 0 Å². The van der Waals surface area contributed by atoms with Crippen LogP contribution in [0.1, 0.15) is 0 Å². The molecule has 0 spiro atoms. The van der Waals surface area contributed by atoms with Crippen LogP contribution in [0.15, 0.2) is 52.5 Å². The fraction of sp³-hybridized carbons (Fsp3) is 0. The second-order valence-electron chi connectivity index (χ2n) is 2.42. The van der Waals surface area contributed by atoms with E-state index in [0.29, 0.717) is 0 Å². The van der Waals surface area contributed by atoms with Crippen LogP contribution < -0.4 is 11.3 Å². The van der Waals surface area contributed by atoms with Crippen LogP contribution in [0.4, 0.5) is 0 Å². The molecule has 1 aromatic heterocycles. The van der Waals surface area contributed by atoms with Gasteiger partial charge in [0.25, 0.3) is 0 Å². The zero-order valence-electron chi connectivity index (χ0n) is 9.76. The summed E-state index contributed by atoms with van der Waals surface area (Å²) >= 11 is 0. The molecule has 1 heterocycles. The van der Waals surface area contributed by atoms with Gasteiger partial charge in [0.15, 0.2) is 0 Å². The van der Waals surface area contributed by atoms with Crippen molar-refractivity contribution < 1.29 is 51.5 Å². The van der Waals surface area contributed by atoms with Crippen molar-refractivity contribution in [3.8, 4) is 0 Å². The van der Waals surface area contributed by atoms with Gasteiger partial charge in [-0.05, 0) is 21.6 Å². The normalized spacial score (nSPS) is 7.00. The van der Waals surface area contributed by atoms with Crippen LogP contribution in [0, 0.1) is 0 Å². The fourth-order valence-corrected chi connectivity index (χ4v) is 1.02. The maximum absolute atomic E-state index is 11.2. The summed E-state index contributed by atoms with van der Waals surface area (Å²) in [6.45, 7) is 0. The van der Waals surface area contributed by atoms with E-state index >= 15 is 0 Å². The van der Waals surface area contributed by atoms with Crippen molar-refractivity contribution in [1.29, 1.82) is 0 Å². The first kappa shape index (κ1) is 30.5. The zero-order chi connectivity index (χ0) is 9.97. The lowest BCUT2D eigenvalue weighted by atomic mass is 10.2. The summed E-state index contributed by atoms with van der Waals surface area (Å²) in [4.78, 5) is 22.3. The smallest absolute Gasteiger partial charge is 0.391 e. The lowest BCUT2D eigenvalue weighted by molar-refractivity contribution is -0.305. The highest BCUT2D eigenvalue weighted by Gasteiger charge is 2.01. The molecule has 1 aromatic carbocycles. The predicted octanol–water partition coefficient (Wildman–Crippen LogP) is -3.89. The van der Waals surface area contributed by atoms with Gasteiger partial charge in [0.1, 0.15) is 0 Å². The minimum atomic E-state index is -0.822. The van der Waals surface area contributed by atoms with Gasteiger partial charge >= 0.3 is 11.3 Å². The summed E-state index contributed by atoms with van der Waals surface area (Å²) in [5.41, 5.74) is -1.64. The van der Waals surface area contributed by atoms with Gasteiger partial charge in [-0.2, -0.15) is 0 Å². The lowest BCUT2D eigenvalue weighted by Gasteiger charge is -1.86. The average molecular weight is 304 g/mol. The Balaban J connectivity index is -0.000000125. The largest absolute Gasteiger partial charge is 0.412 e. The molecule has 2 aromatic rings. The molecule has 12 N–H and O–H groups in total. The highest BCUT2D eigenvalue weighted by Crippen LogP contribution is 2.01. The minimum absolute atomic E-state index is 0. The molecule has 0 atom stereocenters. The van der Waals surface area contributed by atoms with Gasteiger partial charge in [0.05, 0.1) is 10.8 Å². The van der Waals surface area contributed by atoms with E-state index in [-0.39, 0.29) is 43.6 Å². The third-order valence-electron chi connectivity index (χ3n) is 1.61. The lowest BCUT2D eigenvalue weighted by Crippen LogP contribution is -2.03. The van der Waals surface area contributed by atoms with Crippen molar-refractivity contribution in [3.63, 3.8) is 0 Å². The second-order valence-corrected chi connectivity index (χ2v) is 2.42. The molecule has 0 aliphatic rings. The van der Waals surface area contributed by atoms with Crippen molar-refractivity contribution in [1.82, 2.24) is 0 Å². The Morgan fingerprint density at radius 1 is 0.600 bits per heavy atom. The molecule has 0 saturated carbocycles. The standard InChI is InChI=1S/C8H4O6.6H2O/c9-7-5-3-1-2-4-6(5)8(10)12-14-13-11-7;;;;;;/h1-4H;6*1H2. The third kappa shape index (κ3) is 5.91. The Labute approximate surface area is 108 Å². The average Bonchev–Trinajstić information content (AvgIpc) is 2.22. The van der Waals surface area contributed by atoms with Gasteiger partial charge in [-0.25, -0.2) is 18.7 Å². The van der Waals surface area contributed by atoms with Crippen molar-refractivity contribution in [2.75, 3.05) is 0 Å². The van der Waals surface area contributed by atoms with E-state index in [0.717, 1.165) is 0 Å². The quantitative estimate of drug-likeness (QED) is 0.437. The second kappa shape index (κ2) is 13.0. The Kier molecular flexibility index (Phi) is 19.8. The number of hydrogen-bond acceptors (Lipinski definition) is 6. The van der Waals surface area contributed by atoms with Crippen molar-refractivity contribution in [2.45, 2.75) is 0 Å². The highest BCUT2D eigenvalue weighted by atomic mass is 17.4. The van der Waals surface area contributed by atoms with Gasteiger partial charge in [-0.15, -0.1) is 0 Å². The third-order valence-corrected chi connectivity index (χ3v) is 1.61. The molecule has 120 valence electrons.